The van der Waals surface area contributed by atoms with Crippen molar-refractivity contribution in [1.29, 1.82) is 0 Å². The van der Waals surface area contributed by atoms with Crippen molar-refractivity contribution in [3.05, 3.63) is 0 Å². The molecule has 0 bridgehead atoms. The van der Waals surface area contributed by atoms with E-state index in [1.54, 1.807) is 0 Å². The molecule has 0 amide bonds. The second-order valence-electron chi connectivity index (χ2n) is 2.00. The number of nitrogens with two attached hydrogens (primary N) is 2. The SMILES string of the molecule is N[N+](N)(CCO)CCO. The van der Waals surface area contributed by atoms with Crippen LogP contribution in [0.2, 0.25) is 0 Å². The molecule has 5 heteroatoms. The molecule has 0 aliphatic rings. The van der Waals surface area contributed by atoms with E-state index in [0.717, 1.165) is 0 Å². The van der Waals surface area contributed by atoms with Crippen LogP contribution in [0.25, 0.3) is 0 Å². The van der Waals surface area contributed by atoms with E-state index in [0.29, 0.717) is 0 Å². The zero-order valence-electron chi connectivity index (χ0n) is 5.32. The Morgan fingerprint density at radius 2 is 1.33 bits per heavy atom. The smallest absolute Gasteiger partial charge is 0.138 e. The van der Waals surface area contributed by atoms with E-state index in [2.05, 4.69) is 0 Å². The van der Waals surface area contributed by atoms with E-state index < -0.39 is 0 Å². The van der Waals surface area contributed by atoms with Gasteiger partial charge in [0.2, 0.25) is 0 Å². The van der Waals surface area contributed by atoms with Crippen molar-refractivity contribution in [2.75, 3.05) is 26.3 Å². The van der Waals surface area contributed by atoms with Crippen LogP contribution < -0.4 is 11.7 Å². The van der Waals surface area contributed by atoms with Crippen molar-refractivity contribution in [3.63, 3.8) is 0 Å². The Balaban J connectivity index is 3.43. The number of quaternary nitrogens is 1. The highest BCUT2D eigenvalue weighted by atomic mass is 16.3. The van der Waals surface area contributed by atoms with Crippen LogP contribution in [0.5, 0.6) is 0 Å². The zero-order valence-corrected chi connectivity index (χ0v) is 5.32. The second kappa shape index (κ2) is 3.76. The quantitative estimate of drug-likeness (QED) is 0.196. The highest BCUT2D eigenvalue weighted by Gasteiger charge is 2.14. The predicted molar refractivity (Wildman–Crippen MR) is 32.5 cm³/mol. The number of hydrogen-bond acceptors (Lipinski definition) is 4. The molecule has 0 heterocycles. The molecule has 0 aromatic carbocycles. The third-order valence-corrected chi connectivity index (χ3v) is 1.03. The largest absolute Gasteiger partial charge is 0.390 e. The van der Waals surface area contributed by atoms with Gasteiger partial charge in [-0.3, -0.25) is 0 Å². The van der Waals surface area contributed by atoms with Crippen LogP contribution in [-0.2, 0) is 0 Å². The molecule has 0 radical (unpaired) electrons. The average Bonchev–Trinajstić information content (AvgIpc) is 1.64. The van der Waals surface area contributed by atoms with Crippen LogP contribution in [0.3, 0.4) is 0 Å². The highest BCUT2D eigenvalue weighted by molar-refractivity contribution is 4.26. The van der Waals surface area contributed by atoms with Gasteiger partial charge in [0.1, 0.15) is 13.1 Å². The molecule has 0 aromatic rings. The van der Waals surface area contributed by atoms with Crippen molar-refractivity contribution in [2.24, 2.45) is 11.7 Å². The molecule has 0 fully saturated rings. The third-order valence-electron chi connectivity index (χ3n) is 1.03. The Morgan fingerprint density at radius 1 is 1.00 bits per heavy atom. The number of aliphatic hydroxyl groups excluding tert-OH is 2. The summed E-state index contributed by atoms with van der Waals surface area (Å²) in [5.41, 5.74) is 0. The van der Waals surface area contributed by atoms with Gasteiger partial charge in [0, 0.05) is 0 Å². The second-order valence-corrected chi connectivity index (χ2v) is 2.00. The summed E-state index contributed by atoms with van der Waals surface area (Å²) in [6.07, 6.45) is 0. The van der Waals surface area contributed by atoms with Crippen LogP contribution in [0.15, 0.2) is 0 Å². The van der Waals surface area contributed by atoms with Crippen molar-refractivity contribution in [3.8, 4) is 0 Å². The first kappa shape index (κ1) is 8.80. The summed E-state index contributed by atoms with van der Waals surface area (Å²) in [6, 6.07) is 0. The van der Waals surface area contributed by atoms with Crippen molar-refractivity contribution < 1.29 is 14.9 Å². The van der Waals surface area contributed by atoms with Gasteiger partial charge in [-0.05, 0) is 0 Å². The Hall–Kier alpha value is -0.200. The molecule has 9 heavy (non-hydrogen) atoms. The molecule has 0 saturated heterocycles. The maximum atomic E-state index is 8.37. The van der Waals surface area contributed by atoms with Crippen molar-refractivity contribution >= 4 is 0 Å². The molecular formula is C4H14N3O2+. The monoisotopic (exact) mass is 136 g/mol. The number of nitrogens with zero attached hydrogens (tertiary/aromatic N) is 1. The number of aliphatic hydroxyl groups is 2. The topological polar surface area (TPSA) is 92.5 Å². The predicted octanol–water partition coefficient (Wildman–Crippen LogP) is -2.46. The van der Waals surface area contributed by atoms with Gasteiger partial charge in [-0.1, -0.05) is 0 Å². The van der Waals surface area contributed by atoms with Crippen molar-refractivity contribution in [1.82, 2.24) is 0 Å². The van der Waals surface area contributed by atoms with Gasteiger partial charge in [-0.2, -0.15) is 16.4 Å². The molecule has 0 aromatic heterocycles. The average molecular weight is 136 g/mol. The van der Waals surface area contributed by atoms with Gasteiger partial charge in [0.05, 0.1) is 13.2 Å². The van der Waals surface area contributed by atoms with Crippen molar-refractivity contribution in [2.45, 2.75) is 0 Å². The van der Waals surface area contributed by atoms with Gasteiger partial charge in [0.25, 0.3) is 0 Å². The van der Waals surface area contributed by atoms with E-state index in [1.807, 2.05) is 0 Å². The van der Waals surface area contributed by atoms with Crippen LogP contribution >= 0.6 is 0 Å². The molecule has 6 N–H and O–H groups in total. The van der Waals surface area contributed by atoms with Crippen LogP contribution in [0.4, 0.5) is 0 Å². The van der Waals surface area contributed by atoms with E-state index in [4.69, 9.17) is 21.9 Å². The fourth-order valence-electron chi connectivity index (χ4n) is 0.484. The molecule has 0 atom stereocenters. The minimum absolute atomic E-state index is 0.0625. The summed E-state index contributed by atoms with van der Waals surface area (Å²) in [6.45, 7) is 0.404. The molecule has 56 valence electrons. The number of rotatable bonds is 4. The molecular weight excluding hydrogens is 122 g/mol. The van der Waals surface area contributed by atoms with Gasteiger partial charge in [-0.25, -0.2) is 0 Å². The molecule has 0 spiro atoms. The Bertz CT molecular complexity index is 68.2. The first-order chi connectivity index (χ1) is 4.12. The molecule has 5 nitrogen and oxygen atoms in total. The Morgan fingerprint density at radius 3 is 1.56 bits per heavy atom. The van der Waals surface area contributed by atoms with E-state index >= 15 is 0 Å². The Kier molecular flexibility index (Phi) is 3.67. The minimum atomic E-state index is -0.312. The standard InChI is InChI=1S/C4H14N3O2/c5-7(6,1-3-8)2-4-9/h8-9H,1-6H2/q+1. The summed E-state index contributed by atoms with van der Waals surface area (Å²) >= 11 is 0. The fraction of sp³-hybridized carbons (Fsp3) is 1.00. The van der Waals surface area contributed by atoms with Gasteiger partial charge >= 0.3 is 0 Å². The summed E-state index contributed by atoms with van der Waals surface area (Å²) < 4.78 is -0.312. The highest BCUT2D eigenvalue weighted by Crippen LogP contribution is 1.82. The van der Waals surface area contributed by atoms with E-state index in [1.165, 1.54) is 0 Å². The lowest BCUT2D eigenvalue weighted by Gasteiger charge is -2.24. The Labute approximate surface area is 54.0 Å². The first-order valence-corrected chi connectivity index (χ1v) is 2.78. The van der Waals surface area contributed by atoms with Crippen LogP contribution in [0, 0.1) is 0 Å². The van der Waals surface area contributed by atoms with E-state index in [9.17, 15) is 0 Å². The molecule has 0 saturated carbocycles. The fourth-order valence-corrected chi connectivity index (χ4v) is 0.484. The summed E-state index contributed by atoms with van der Waals surface area (Å²) in [5, 5.41) is 16.7. The summed E-state index contributed by atoms with van der Waals surface area (Å²) in [5.74, 6) is 10.7. The molecule has 0 unspecified atom stereocenters. The molecule has 0 rings (SSSR count). The normalized spacial score (nSPS) is 12.0. The summed E-state index contributed by atoms with van der Waals surface area (Å²) in [4.78, 5) is 0. The molecule has 0 aliphatic carbocycles. The van der Waals surface area contributed by atoms with Gasteiger partial charge in [-0.15, -0.1) is 0 Å². The van der Waals surface area contributed by atoms with Crippen LogP contribution in [0.1, 0.15) is 0 Å². The summed E-state index contributed by atoms with van der Waals surface area (Å²) in [7, 11) is 0. The minimum Gasteiger partial charge on any atom is -0.390 e. The van der Waals surface area contributed by atoms with Gasteiger partial charge in [0.15, 0.2) is 0 Å². The first-order valence-electron chi connectivity index (χ1n) is 2.78. The lowest BCUT2D eigenvalue weighted by atomic mass is 10.5. The zero-order chi connectivity index (χ0) is 7.33. The maximum absolute atomic E-state index is 8.37. The molecule has 0 aliphatic heterocycles. The third kappa shape index (κ3) is 4.31. The number of hydrogen-bond donors (Lipinski definition) is 4. The van der Waals surface area contributed by atoms with Gasteiger partial charge < -0.3 is 10.2 Å². The lowest BCUT2D eigenvalue weighted by molar-refractivity contribution is -0.951. The maximum Gasteiger partial charge on any atom is 0.138 e. The van der Waals surface area contributed by atoms with Crippen LogP contribution in [-0.4, -0.2) is 41.2 Å². The lowest BCUT2D eigenvalue weighted by Crippen LogP contribution is -2.62. The van der Waals surface area contributed by atoms with E-state index in [-0.39, 0.29) is 31.0 Å².